The van der Waals surface area contributed by atoms with Gasteiger partial charge in [-0.2, -0.15) is 0 Å². The summed E-state index contributed by atoms with van der Waals surface area (Å²) in [6, 6.07) is -0.147. The van der Waals surface area contributed by atoms with E-state index in [1.165, 1.54) is 32.0 Å². The second-order valence-corrected chi connectivity index (χ2v) is 8.81. The monoisotopic (exact) mass is 408 g/mol. The number of likely N-dealkylation sites (tertiary alicyclic amines) is 1. The van der Waals surface area contributed by atoms with Crippen LogP contribution in [0.2, 0.25) is 0 Å². The Labute approximate surface area is 169 Å². The molecule has 0 radical (unpaired) electrons. The highest BCUT2D eigenvalue weighted by Crippen LogP contribution is 2.40. The molecule has 8 heteroatoms. The van der Waals surface area contributed by atoms with E-state index in [1.807, 2.05) is 18.7 Å². The van der Waals surface area contributed by atoms with Crippen LogP contribution in [-0.4, -0.2) is 55.6 Å². The molecular weight excluding hydrogens is 380 g/mol. The van der Waals surface area contributed by atoms with E-state index in [0.717, 1.165) is 36.1 Å². The first kappa shape index (κ1) is 20.8. The molecule has 0 bridgehead atoms. The molecule has 3 atom stereocenters. The molecule has 2 aliphatic rings. The molecule has 0 aromatic carbocycles. The lowest BCUT2D eigenvalue weighted by molar-refractivity contribution is -0.146. The van der Waals surface area contributed by atoms with Crippen molar-refractivity contribution in [2.75, 3.05) is 26.1 Å². The van der Waals surface area contributed by atoms with Crippen LogP contribution in [0.25, 0.3) is 0 Å². The Bertz CT molecular complexity index is 775. The average Bonchev–Trinajstić information content (AvgIpc) is 3.18. The Morgan fingerprint density at radius 1 is 1.14 bits per heavy atom. The maximum Gasteiger partial charge on any atom is 0.341 e. The fraction of sp³-hybridized carbons (Fsp3) is 0.650. The maximum absolute atomic E-state index is 12.8. The Morgan fingerprint density at radius 3 is 2.54 bits per heavy atom. The molecule has 1 amide bonds. The van der Waals surface area contributed by atoms with Crippen molar-refractivity contribution < 1.29 is 23.9 Å². The number of aryl methyl sites for hydroxylation is 1. The van der Waals surface area contributed by atoms with Gasteiger partial charge >= 0.3 is 11.9 Å². The summed E-state index contributed by atoms with van der Waals surface area (Å²) >= 11 is 1.36. The minimum atomic E-state index is -0.460. The number of anilines is 1. The zero-order chi connectivity index (χ0) is 20.4. The molecule has 1 aromatic rings. The number of nitrogens with one attached hydrogen (secondary N) is 1. The topological polar surface area (TPSA) is 84.9 Å². The minimum absolute atomic E-state index is 0.109. The van der Waals surface area contributed by atoms with Gasteiger partial charge in [0, 0.05) is 10.9 Å². The Kier molecular flexibility index (Phi) is 6.40. The highest BCUT2D eigenvalue weighted by Gasteiger charge is 2.46. The number of esters is 2. The second kappa shape index (κ2) is 8.61. The number of carbonyl (C=O) groups is 3. The average molecular weight is 409 g/mol. The summed E-state index contributed by atoms with van der Waals surface area (Å²) in [6.45, 7) is 3.86. The lowest BCUT2D eigenvalue weighted by Crippen LogP contribution is -2.46. The molecule has 2 fully saturated rings. The van der Waals surface area contributed by atoms with Crippen molar-refractivity contribution in [3.63, 3.8) is 0 Å². The van der Waals surface area contributed by atoms with Crippen LogP contribution in [-0.2, 0) is 19.1 Å². The summed E-state index contributed by atoms with van der Waals surface area (Å²) in [5.41, 5.74) is 1.22. The van der Waals surface area contributed by atoms with Gasteiger partial charge < -0.3 is 14.8 Å². The maximum atomic E-state index is 12.8. The van der Waals surface area contributed by atoms with E-state index >= 15 is 0 Å². The number of carbonyl (C=O) groups excluding carboxylic acids is 3. The highest BCUT2D eigenvalue weighted by molar-refractivity contribution is 7.16. The number of ether oxygens (including phenoxy) is 2. The van der Waals surface area contributed by atoms with E-state index in [2.05, 4.69) is 5.32 Å². The van der Waals surface area contributed by atoms with Crippen molar-refractivity contribution in [2.24, 2.45) is 5.92 Å². The number of amides is 1. The molecule has 154 valence electrons. The van der Waals surface area contributed by atoms with Crippen LogP contribution < -0.4 is 5.32 Å². The molecule has 7 nitrogen and oxygen atoms in total. The number of fused-ring (bicyclic) bond motifs is 1. The molecule has 1 aliphatic carbocycles. The van der Waals surface area contributed by atoms with E-state index in [1.54, 1.807) is 0 Å². The second-order valence-electron chi connectivity index (χ2n) is 7.59. The predicted octanol–water partition coefficient (Wildman–Crippen LogP) is 2.90. The normalized spacial score (nSPS) is 24.5. The van der Waals surface area contributed by atoms with E-state index in [-0.39, 0.29) is 30.5 Å². The molecule has 1 aromatic heterocycles. The van der Waals surface area contributed by atoms with Crippen molar-refractivity contribution in [2.45, 2.75) is 58.0 Å². The summed E-state index contributed by atoms with van der Waals surface area (Å²) in [5.74, 6) is -0.535. The Balaban J connectivity index is 1.77. The number of thiophene rings is 1. The first-order valence-corrected chi connectivity index (χ1v) is 10.5. The summed E-state index contributed by atoms with van der Waals surface area (Å²) < 4.78 is 9.85. The first-order chi connectivity index (χ1) is 13.4. The van der Waals surface area contributed by atoms with E-state index < -0.39 is 5.97 Å². The van der Waals surface area contributed by atoms with Crippen LogP contribution in [0.5, 0.6) is 0 Å². The van der Waals surface area contributed by atoms with E-state index in [0.29, 0.717) is 16.5 Å². The zero-order valence-electron chi connectivity index (χ0n) is 16.9. The Morgan fingerprint density at radius 2 is 1.86 bits per heavy atom. The van der Waals surface area contributed by atoms with Crippen molar-refractivity contribution >= 4 is 34.2 Å². The number of hydrogen-bond donors (Lipinski definition) is 1. The number of methoxy groups -OCH3 is 2. The lowest BCUT2D eigenvalue weighted by Gasteiger charge is -2.32. The molecule has 1 aliphatic heterocycles. The third-order valence-electron chi connectivity index (χ3n) is 6.05. The van der Waals surface area contributed by atoms with Crippen LogP contribution in [0.15, 0.2) is 0 Å². The molecule has 28 heavy (non-hydrogen) atoms. The van der Waals surface area contributed by atoms with Crippen LogP contribution in [0.3, 0.4) is 0 Å². The van der Waals surface area contributed by atoms with Crippen molar-refractivity contribution in [3.8, 4) is 0 Å². The van der Waals surface area contributed by atoms with Crippen molar-refractivity contribution in [3.05, 3.63) is 16.0 Å². The summed E-state index contributed by atoms with van der Waals surface area (Å²) in [7, 11) is 2.72. The number of rotatable bonds is 5. The van der Waals surface area contributed by atoms with Gasteiger partial charge in [0.1, 0.15) is 11.0 Å². The summed E-state index contributed by atoms with van der Waals surface area (Å²) in [6.07, 6.45) is 5.12. The van der Waals surface area contributed by atoms with E-state index in [9.17, 15) is 14.4 Å². The summed E-state index contributed by atoms with van der Waals surface area (Å²) in [5, 5.41) is 3.37. The third-order valence-corrected chi connectivity index (χ3v) is 7.17. The van der Waals surface area contributed by atoms with Crippen LogP contribution in [0.1, 0.15) is 52.9 Å². The fourth-order valence-corrected chi connectivity index (χ4v) is 5.61. The smallest absolute Gasteiger partial charge is 0.341 e. The van der Waals surface area contributed by atoms with Crippen molar-refractivity contribution in [1.29, 1.82) is 0 Å². The molecule has 3 unspecified atom stereocenters. The molecule has 1 saturated carbocycles. The number of nitrogens with zero attached hydrogens (tertiary/aromatic N) is 1. The molecular formula is C20H28N2O5S. The van der Waals surface area contributed by atoms with Gasteiger partial charge in [0.25, 0.3) is 0 Å². The van der Waals surface area contributed by atoms with Gasteiger partial charge in [-0.1, -0.05) is 12.8 Å². The first-order valence-electron chi connectivity index (χ1n) is 9.69. The van der Waals surface area contributed by atoms with Crippen molar-refractivity contribution in [1.82, 2.24) is 4.90 Å². The van der Waals surface area contributed by atoms with Crippen LogP contribution in [0, 0.1) is 19.8 Å². The Hall–Kier alpha value is -1.93. The van der Waals surface area contributed by atoms with Gasteiger partial charge in [0.15, 0.2) is 0 Å². The van der Waals surface area contributed by atoms with Gasteiger partial charge in [-0.3, -0.25) is 14.5 Å². The van der Waals surface area contributed by atoms with E-state index in [4.69, 9.17) is 9.47 Å². The van der Waals surface area contributed by atoms with Crippen LogP contribution in [0.4, 0.5) is 5.00 Å². The SMILES string of the molecule is COC(=O)c1c(NC(=O)CN2C(C(=O)OC)CC3CCCCC32)sc(C)c1C. The van der Waals surface area contributed by atoms with Crippen LogP contribution >= 0.6 is 11.3 Å². The molecule has 0 spiro atoms. The standard InChI is InChI=1S/C20H28N2O5S/c1-11-12(2)28-18(17(11)20(25)27-4)21-16(23)10-22-14-8-6-5-7-13(14)9-15(22)19(24)26-3/h13-15H,5-10H2,1-4H3,(H,21,23). The number of hydrogen-bond acceptors (Lipinski definition) is 7. The summed E-state index contributed by atoms with van der Waals surface area (Å²) in [4.78, 5) is 40.2. The van der Waals surface area contributed by atoms with Gasteiger partial charge in [-0.25, -0.2) is 4.79 Å². The van der Waals surface area contributed by atoms with Gasteiger partial charge in [-0.15, -0.1) is 11.3 Å². The zero-order valence-corrected chi connectivity index (χ0v) is 17.7. The molecule has 1 saturated heterocycles. The van der Waals surface area contributed by atoms with Gasteiger partial charge in [-0.05, 0) is 44.6 Å². The molecule has 2 heterocycles. The fourth-order valence-electron chi connectivity index (χ4n) is 4.54. The minimum Gasteiger partial charge on any atom is -0.468 e. The van der Waals surface area contributed by atoms with Gasteiger partial charge in [0.2, 0.25) is 5.91 Å². The molecule has 3 rings (SSSR count). The quantitative estimate of drug-likeness (QED) is 0.754. The third kappa shape index (κ3) is 3.93. The predicted molar refractivity (Wildman–Crippen MR) is 107 cm³/mol. The highest BCUT2D eigenvalue weighted by atomic mass is 32.1. The largest absolute Gasteiger partial charge is 0.468 e. The van der Waals surface area contributed by atoms with Gasteiger partial charge in [0.05, 0.1) is 26.3 Å². The molecule has 1 N–H and O–H groups in total. The lowest BCUT2D eigenvalue weighted by atomic mass is 9.85.